The average Bonchev–Trinajstić information content (AvgIpc) is 3.13. The summed E-state index contributed by atoms with van der Waals surface area (Å²) in [5, 5.41) is 6.97. The summed E-state index contributed by atoms with van der Waals surface area (Å²) in [6, 6.07) is 0. The van der Waals surface area contributed by atoms with Crippen molar-refractivity contribution >= 4 is 11.8 Å². The zero-order valence-electron chi connectivity index (χ0n) is 15.9. The number of piperidine rings is 2. The molecule has 2 fully saturated rings. The van der Waals surface area contributed by atoms with Crippen LogP contribution in [0.2, 0.25) is 0 Å². The molecule has 1 spiro atoms. The highest BCUT2D eigenvalue weighted by atomic mass is 16.5. The maximum atomic E-state index is 13.0. The summed E-state index contributed by atoms with van der Waals surface area (Å²) >= 11 is 0. The highest BCUT2D eigenvalue weighted by Gasteiger charge is 2.42. The molecule has 3 rings (SSSR count). The first kappa shape index (κ1) is 18.9. The van der Waals surface area contributed by atoms with Crippen LogP contribution >= 0.6 is 0 Å². The molecule has 1 aromatic rings. The maximum absolute atomic E-state index is 13.0. The zero-order valence-corrected chi connectivity index (χ0v) is 15.9. The predicted octanol–water partition coefficient (Wildman–Crippen LogP) is 1.85. The Labute approximate surface area is 155 Å². The number of H-pyrrole nitrogens is 1. The summed E-state index contributed by atoms with van der Waals surface area (Å²) in [5.74, 6) is 0.302. The van der Waals surface area contributed by atoms with Gasteiger partial charge in [-0.1, -0.05) is 6.92 Å². The number of hydrogen-bond donors (Lipinski definition) is 1. The number of carbonyl (C=O) groups is 2. The van der Waals surface area contributed by atoms with E-state index in [0.717, 1.165) is 64.0 Å². The van der Waals surface area contributed by atoms with Gasteiger partial charge in [0.1, 0.15) is 0 Å². The number of aromatic amines is 1. The molecule has 0 aliphatic carbocycles. The molecule has 1 N–H and O–H groups in total. The molecule has 0 aromatic carbocycles. The molecular weight excluding hydrogens is 332 g/mol. The number of nitrogens with zero attached hydrogens (tertiary/aromatic N) is 3. The summed E-state index contributed by atoms with van der Waals surface area (Å²) < 4.78 is 5.12. The summed E-state index contributed by atoms with van der Waals surface area (Å²) in [7, 11) is 1.69. The standard InChI is InChI=1S/C19H30N4O3/c1-3-16-15(12-20-21-16)18(25)23-9-4-7-19(14-23)8-6-17(24)22(13-19)10-5-11-26-2/h12H,3-11,13-14H2,1-2H3,(H,20,21). The molecule has 144 valence electrons. The third kappa shape index (κ3) is 3.92. The molecule has 0 radical (unpaired) electrons. The molecular formula is C19H30N4O3. The lowest BCUT2D eigenvalue weighted by atomic mass is 9.73. The van der Waals surface area contributed by atoms with Crippen LogP contribution in [0.3, 0.4) is 0 Å². The molecule has 26 heavy (non-hydrogen) atoms. The van der Waals surface area contributed by atoms with Crippen molar-refractivity contribution < 1.29 is 14.3 Å². The first-order valence-electron chi connectivity index (χ1n) is 9.67. The van der Waals surface area contributed by atoms with E-state index < -0.39 is 0 Å². The SMILES string of the molecule is CCc1[nH]ncc1C(=O)N1CCCC2(CCC(=O)N(CCCOC)C2)C1. The number of nitrogens with one attached hydrogen (secondary N) is 1. The van der Waals surface area contributed by atoms with Crippen molar-refractivity contribution in [1.29, 1.82) is 0 Å². The molecule has 7 heteroatoms. The number of rotatable bonds is 6. The van der Waals surface area contributed by atoms with Crippen molar-refractivity contribution in [1.82, 2.24) is 20.0 Å². The van der Waals surface area contributed by atoms with Gasteiger partial charge in [-0.3, -0.25) is 14.7 Å². The van der Waals surface area contributed by atoms with Gasteiger partial charge in [0, 0.05) is 57.4 Å². The van der Waals surface area contributed by atoms with Gasteiger partial charge in [0.2, 0.25) is 5.91 Å². The smallest absolute Gasteiger partial charge is 0.257 e. The molecule has 2 saturated heterocycles. The molecule has 1 atom stereocenters. The van der Waals surface area contributed by atoms with Crippen LogP contribution in [-0.2, 0) is 16.0 Å². The van der Waals surface area contributed by atoms with Crippen LogP contribution in [0.4, 0.5) is 0 Å². The van der Waals surface area contributed by atoms with Crippen LogP contribution < -0.4 is 0 Å². The van der Waals surface area contributed by atoms with Crippen molar-refractivity contribution in [2.75, 3.05) is 39.9 Å². The van der Waals surface area contributed by atoms with E-state index in [1.807, 2.05) is 16.7 Å². The molecule has 0 bridgehead atoms. The van der Waals surface area contributed by atoms with Crippen molar-refractivity contribution in [2.24, 2.45) is 5.41 Å². The minimum atomic E-state index is 0.0327. The fourth-order valence-corrected chi connectivity index (χ4v) is 4.36. The van der Waals surface area contributed by atoms with Crippen molar-refractivity contribution in [3.8, 4) is 0 Å². The van der Waals surface area contributed by atoms with Crippen LogP contribution in [0.15, 0.2) is 6.20 Å². The number of likely N-dealkylation sites (tertiary alicyclic amines) is 2. The quantitative estimate of drug-likeness (QED) is 0.784. The van der Waals surface area contributed by atoms with Crippen LogP contribution in [0, 0.1) is 5.41 Å². The van der Waals surface area contributed by atoms with Crippen LogP contribution in [-0.4, -0.2) is 71.7 Å². The van der Waals surface area contributed by atoms with Gasteiger partial charge in [0.05, 0.1) is 11.8 Å². The van der Waals surface area contributed by atoms with Crippen molar-refractivity contribution in [2.45, 2.75) is 45.4 Å². The highest BCUT2D eigenvalue weighted by molar-refractivity contribution is 5.95. The van der Waals surface area contributed by atoms with E-state index in [1.165, 1.54) is 0 Å². The normalized spacial score (nSPS) is 23.7. The fraction of sp³-hybridized carbons (Fsp3) is 0.737. The third-order valence-electron chi connectivity index (χ3n) is 5.78. The van der Waals surface area contributed by atoms with Gasteiger partial charge < -0.3 is 14.5 Å². The number of amides is 2. The lowest BCUT2D eigenvalue weighted by molar-refractivity contribution is -0.139. The van der Waals surface area contributed by atoms with E-state index >= 15 is 0 Å². The van der Waals surface area contributed by atoms with Crippen LogP contribution in [0.5, 0.6) is 0 Å². The second-order valence-corrected chi connectivity index (χ2v) is 7.61. The predicted molar refractivity (Wildman–Crippen MR) is 97.8 cm³/mol. The largest absolute Gasteiger partial charge is 0.385 e. The zero-order chi connectivity index (χ0) is 18.6. The lowest BCUT2D eigenvalue weighted by Gasteiger charge is -2.48. The molecule has 0 saturated carbocycles. The summed E-state index contributed by atoms with van der Waals surface area (Å²) in [6.45, 7) is 5.70. The molecule has 2 aliphatic rings. The topological polar surface area (TPSA) is 78.5 Å². The summed E-state index contributed by atoms with van der Waals surface area (Å²) in [5.41, 5.74) is 1.62. The van der Waals surface area contributed by atoms with E-state index in [1.54, 1.807) is 13.3 Å². The van der Waals surface area contributed by atoms with Gasteiger partial charge in [-0.2, -0.15) is 5.10 Å². The van der Waals surface area contributed by atoms with E-state index in [-0.39, 0.29) is 17.2 Å². The minimum Gasteiger partial charge on any atom is -0.385 e. The Morgan fingerprint density at radius 2 is 2.23 bits per heavy atom. The number of methoxy groups -OCH3 is 1. The Kier molecular flexibility index (Phi) is 5.96. The summed E-state index contributed by atoms with van der Waals surface area (Å²) in [4.78, 5) is 29.2. The van der Waals surface area contributed by atoms with Gasteiger partial charge in [-0.15, -0.1) is 0 Å². The lowest BCUT2D eigenvalue weighted by Crippen LogP contribution is -2.55. The molecule has 1 unspecified atom stereocenters. The highest BCUT2D eigenvalue weighted by Crippen LogP contribution is 2.39. The average molecular weight is 362 g/mol. The molecule has 1 aromatic heterocycles. The Hall–Kier alpha value is -1.89. The van der Waals surface area contributed by atoms with Gasteiger partial charge in [-0.25, -0.2) is 0 Å². The molecule has 2 amide bonds. The van der Waals surface area contributed by atoms with Gasteiger partial charge >= 0.3 is 0 Å². The maximum Gasteiger partial charge on any atom is 0.257 e. The van der Waals surface area contributed by atoms with Crippen molar-refractivity contribution in [3.05, 3.63) is 17.5 Å². The Morgan fingerprint density at radius 1 is 1.38 bits per heavy atom. The fourth-order valence-electron chi connectivity index (χ4n) is 4.36. The van der Waals surface area contributed by atoms with E-state index in [9.17, 15) is 9.59 Å². The number of carbonyl (C=O) groups excluding carboxylic acids is 2. The van der Waals surface area contributed by atoms with E-state index in [4.69, 9.17) is 4.74 Å². The first-order chi connectivity index (χ1) is 12.6. The van der Waals surface area contributed by atoms with E-state index in [0.29, 0.717) is 18.6 Å². The minimum absolute atomic E-state index is 0.0327. The Bertz CT molecular complexity index is 644. The summed E-state index contributed by atoms with van der Waals surface area (Å²) in [6.07, 6.45) is 6.80. The van der Waals surface area contributed by atoms with Gasteiger partial charge in [0.25, 0.3) is 5.91 Å². The second kappa shape index (κ2) is 8.20. The molecule has 2 aliphatic heterocycles. The van der Waals surface area contributed by atoms with Crippen LogP contribution in [0.1, 0.15) is 55.1 Å². The van der Waals surface area contributed by atoms with Gasteiger partial charge in [-0.05, 0) is 32.1 Å². The number of aromatic nitrogens is 2. The number of aryl methyl sites for hydroxylation is 1. The van der Waals surface area contributed by atoms with Crippen molar-refractivity contribution in [3.63, 3.8) is 0 Å². The number of hydrogen-bond acceptors (Lipinski definition) is 4. The first-order valence-corrected chi connectivity index (χ1v) is 9.67. The van der Waals surface area contributed by atoms with Crippen LogP contribution in [0.25, 0.3) is 0 Å². The molecule has 3 heterocycles. The number of ether oxygens (including phenoxy) is 1. The Balaban J connectivity index is 1.68. The molecule has 7 nitrogen and oxygen atoms in total. The third-order valence-corrected chi connectivity index (χ3v) is 5.78. The second-order valence-electron chi connectivity index (χ2n) is 7.61. The monoisotopic (exact) mass is 362 g/mol. The Morgan fingerprint density at radius 3 is 3.00 bits per heavy atom. The van der Waals surface area contributed by atoms with Gasteiger partial charge in [0.15, 0.2) is 0 Å². The van der Waals surface area contributed by atoms with E-state index in [2.05, 4.69) is 10.2 Å².